The van der Waals surface area contributed by atoms with Gasteiger partial charge >= 0.3 is 0 Å². The molecule has 11 aromatic carbocycles. The van der Waals surface area contributed by atoms with Crippen molar-refractivity contribution in [3.63, 3.8) is 0 Å². The van der Waals surface area contributed by atoms with Crippen LogP contribution in [0.5, 0.6) is 23.0 Å². The Kier molecular flexibility index (Phi) is 13.9. The molecule has 0 bridgehead atoms. The molecule has 0 aliphatic carbocycles. The number of hydrogen-bond donors (Lipinski definition) is 0. The van der Waals surface area contributed by atoms with E-state index in [0.29, 0.717) is 0 Å². The number of rotatable bonds is 4. The molecule has 9 heteroatoms. The molecule has 0 aromatic heterocycles. The number of fused-ring (bicyclic) bond motifs is 12. The highest BCUT2D eigenvalue weighted by Gasteiger charge is 2.51. The molecule has 0 radical (unpaired) electrons. The van der Waals surface area contributed by atoms with Crippen LogP contribution in [0.4, 0.5) is 68.2 Å². The fourth-order valence-corrected chi connectivity index (χ4v) is 18.1. The van der Waals surface area contributed by atoms with Gasteiger partial charge in [0.1, 0.15) is 23.0 Å². The summed E-state index contributed by atoms with van der Waals surface area (Å²) in [5.41, 5.74) is 41.0. The molecule has 0 saturated heterocycles. The van der Waals surface area contributed by atoms with Crippen molar-refractivity contribution in [3.8, 4) is 23.0 Å². The van der Waals surface area contributed by atoms with Crippen LogP contribution < -0.4 is 78.2 Å². The summed E-state index contributed by atoms with van der Waals surface area (Å²) < 4.78 is 15.0. The zero-order chi connectivity index (χ0) is 70.2. The molecule has 0 saturated carbocycles. The Morgan fingerprint density at radius 1 is 0.240 bits per heavy atom. The summed E-state index contributed by atoms with van der Waals surface area (Å²) in [5, 5.41) is 0. The molecule has 17 rings (SSSR count). The van der Waals surface area contributed by atoms with Gasteiger partial charge in [-0.05, 0) is 273 Å². The molecule has 6 aliphatic rings. The van der Waals surface area contributed by atoms with Gasteiger partial charge in [0.2, 0.25) is 0 Å². The molecule has 6 aliphatic heterocycles. The van der Waals surface area contributed by atoms with Crippen LogP contribution in [0.1, 0.15) is 155 Å². The van der Waals surface area contributed by atoms with Gasteiger partial charge < -0.3 is 29.1 Å². The topological polar surface area (TPSA) is 31.4 Å². The van der Waals surface area contributed by atoms with Crippen molar-refractivity contribution in [1.29, 1.82) is 0 Å². The maximum absolute atomic E-state index is 7.79. The van der Waals surface area contributed by atoms with Crippen LogP contribution >= 0.6 is 0 Å². The normalized spacial score (nSPS) is 14.5. The second-order valence-electron chi connectivity index (χ2n) is 34.5. The lowest BCUT2D eigenvalue weighted by molar-refractivity contribution is 0.485. The summed E-state index contributed by atoms with van der Waals surface area (Å²) in [5.74, 6) is 3.59. The van der Waals surface area contributed by atoms with E-state index < -0.39 is 0 Å². The maximum atomic E-state index is 7.79. The van der Waals surface area contributed by atoms with Crippen LogP contribution in [0, 0.1) is 62.3 Å². The zero-order valence-corrected chi connectivity index (χ0v) is 62.5. The molecular weight excluding hydrogens is 1210 g/mol. The second kappa shape index (κ2) is 21.7. The van der Waals surface area contributed by atoms with Crippen molar-refractivity contribution in [2.75, 3.05) is 19.6 Å². The van der Waals surface area contributed by atoms with E-state index >= 15 is 0 Å². The third-order valence-electron chi connectivity index (χ3n) is 22.7. The summed E-state index contributed by atoms with van der Waals surface area (Å²) in [7, 11) is 0. The second-order valence-corrected chi connectivity index (χ2v) is 34.5. The molecule has 0 unspecified atom stereocenters. The van der Waals surface area contributed by atoms with Gasteiger partial charge in [-0.2, -0.15) is 0 Å². The lowest BCUT2D eigenvalue weighted by Gasteiger charge is -2.47. The summed E-state index contributed by atoms with van der Waals surface area (Å²) in [4.78, 5) is 10.4. The van der Waals surface area contributed by atoms with Gasteiger partial charge in [0, 0.05) is 62.9 Å². The van der Waals surface area contributed by atoms with Gasteiger partial charge in [-0.15, -0.1) is 0 Å². The van der Waals surface area contributed by atoms with Gasteiger partial charge in [-0.3, -0.25) is 0 Å². The van der Waals surface area contributed by atoms with Crippen LogP contribution in [0.3, 0.4) is 0 Å². The number of nitrogens with zero attached hydrogens (tertiary/aromatic N) is 4. The first-order valence-electron chi connectivity index (χ1n) is 36.3. The van der Waals surface area contributed by atoms with E-state index in [1.807, 2.05) is 0 Å². The average Bonchev–Trinajstić information content (AvgIpc) is 0.687. The van der Waals surface area contributed by atoms with Crippen LogP contribution in [-0.2, 0) is 21.7 Å². The Bertz CT molecular complexity index is 5340. The highest BCUT2D eigenvalue weighted by atomic mass is 16.5. The summed E-state index contributed by atoms with van der Waals surface area (Å²) in [6.45, 7) is 47.8. The Morgan fingerprint density at radius 2 is 0.560 bits per heavy atom. The van der Waals surface area contributed by atoms with Crippen LogP contribution in [0.15, 0.2) is 170 Å². The number of aryl methyl sites for hydroxylation is 9. The SMILES string of the molecule is Cc1cc(C)c(N2c3cc4c(cc3B3c5cc(C(C)(C)C)ccc5Oc5cc(C)cc2c53)B2c3cc5c(cc3N(c3c(C)cc(C)cc3C)c3cc(C)cc(c32)O4)N(c2ccc(C(C)(C)C)cc2)c2cc(C)cc3c2B5c2cc(C(C)(C)C)ccc2N3c2ccc(C(C)(C)C)cc2)c(C)c1. The summed E-state index contributed by atoms with van der Waals surface area (Å²) in [6.07, 6.45) is 0. The van der Waals surface area contributed by atoms with E-state index in [4.69, 9.17) is 9.47 Å². The van der Waals surface area contributed by atoms with E-state index in [-0.39, 0.29) is 41.8 Å². The molecule has 0 N–H and O–H groups in total. The summed E-state index contributed by atoms with van der Waals surface area (Å²) in [6, 6.07) is 67.5. The standard InChI is InChI=1S/C91H91B3N4O2/c1-50-34-55(6)86(56(7)35-50)97-73-48-72-66(92-65-44-61(90(16,17)18)26-32-71(65)95(63-28-22-59(23-29-63)88(10,11)12)75-38-52(3)39-76(83(75)92)96(72)64-30-24-60(25-31-64)89(13,14)15)46-67(73)94-70-47-68-74(49-80(70)100-82-43-54(5)40-77(97)85(82)94)98(87-57(8)36-51(2)37-58(87)9)78-41-53(4)42-81-84(78)93(68)69-45-62(91(19,20)21)27-33-79(69)99-81/h22-49H,1-21H3. The number of anilines is 12. The smallest absolute Gasteiger partial charge is 0.256 e. The molecule has 0 amide bonds. The number of hydrogen-bond acceptors (Lipinski definition) is 6. The molecular formula is C91H91B3N4O2. The minimum absolute atomic E-state index is 0.00309. The highest BCUT2D eigenvalue weighted by Crippen LogP contribution is 2.52. The Labute approximate surface area is 595 Å². The van der Waals surface area contributed by atoms with Crippen molar-refractivity contribution in [1.82, 2.24) is 0 Å². The Balaban J connectivity index is 1.00. The third kappa shape index (κ3) is 9.66. The van der Waals surface area contributed by atoms with E-state index in [1.165, 1.54) is 145 Å². The molecule has 0 atom stereocenters. The third-order valence-corrected chi connectivity index (χ3v) is 22.7. The van der Waals surface area contributed by atoms with Crippen LogP contribution in [0.2, 0.25) is 0 Å². The predicted octanol–water partition coefficient (Wildman–Crippen LogP) is 18.5. The quantitative estimate of drug-likeness (QED) is 0.163. The average molecular weight is 1310 g/mol. The van der Waals surface area contributed by atoms with Crippen molar-refractivity contribution >= 4 is 138 Å². The maximum Gasteiger partial charge on any atom is 0.256 e. The lowest BCUT2D eigenvalue weighted by atomic mass is 9.29. The first kappa shape index (κ1) is 63.8. The molecule has 0 spiro atoms. The van der Waals surface area contributed by atoms with Crippen molar-refractivity contribution in [2.24, 2.45) is 0 Å². The van der Waals surface area contributed by atoms with Crippen LogP contribution in [-0.4, -0.2) is 20.1 Å². The van der Waals surface area contributed by atoms with Crippen molar-refractivity contribution < 1.29 is 9.47 Å². The first-order valence-corrected chi connectivity index (χ1v) is 36.3. The van der Waals surface area contributed by atoms with Crippen LogP contribution in [0.25, 0.3) is 0 Å². The number of ether oxygens (including phenoxy) is 2. The highest BCUT2D eigenvalue weighted by molar-refractivity contribution is 7.04. The van der Waals surface area contributed by atoms with E-state index in [0.717, 1.165) is 68.0 Å². The predicted molar refractivity (Wildman–Crippen MR) is 430 cm³/mol. The van der Waals surface area contributed by atoms with Gasteiger partial charge in [-0.25, -0.2) is 0 Å². The fraction of sp³-hybridized carbons (Fsp3) is 0.275. The van der Waals surface area contributed by atoms with Gasteiger partial charge in [0.15, 0.2) is 0 Å². The molecule has 100 heavy (non-hydrogen) atoms. The van der Waals surface area contributed by atoms with Gasteiger partial charge in [0.05, 0.1) is 11.4 Å². The van der Waals surface area contributed by atoms with Gasteiger partial charge in [0.25, 0.3) is 20.1 Å². The summed E-state index contributed by atoms with van der Waals surface area (Å²) >= 11 is 0. The number of benzene rings is 11. The van der Waals surface area contributed by atoms with Gasteiger partial charge in [-0.1, -0.05) is 179 Å². The lowest BCUT2D eigenvalue weighted by Crippen LogP contribution is -2.65. The molecule has 0 fully saturated rings. The fourth-order valence-electron chi connectivity index (χ4n) is 18.1. The Morgan fingerprint density at radius 3 is 1.01 bits per heavy atom. The zero-order valence-electron chi connectivity index (χ0n) is 62.5. The molecule has 11 aromatic rings. The molecule has 6 heterocycles. The van der Waals surface area contributed by atoms with E-state index in [2.05, 4.69) is 335 Å². The monoisotopic (exact) mass is 1300 g/mol. The largest absolute Gasteiger partial charge is 0.458 e. The van der Waals surface area contributed by atoms with E-state index in [1.54, 1.807) is 0 Å². The Hall–Kier alpha value is -9.59. The van der Waals surface area contributed by atoms with E-state index in [9.17, 15) is 0 Å². The minimum Gasteiger partial charge on any atom is -0.458 e. The molecule has 6 nitrogen and oxygen atoms in total. The minimum atomic E-state index is -0.252. The molecule has 496 valence electrons. The van der Waals surface area contributed by atoms with Crippen molar-refractivity contribution in [3.05, 3.63) is 242 Å². The first-order chi connectivity index (χ1) is 47.3. The van der Waals surface area contributed by atoms with Crippen molar-refractivity contribution in [2.45, 2.75) is 167 Å².